The summed E-state index contributed by atoms with van der Waals surface area (Å²) in [4.78, 5) is 11.3. The summed E-state index contributed by atoms with van der Waals surface area (Å²) in [5, 5.41) is 1.74. The Morgan fingerprint density at radius 2 is 1.80 bits per heavy atom. The quantitative estimate of drug-likeness (QED) is 0.650. The summed E-state index contributed by atoms with van der Waals surface area (Å²) in [6.45, 7) is 2.72. The minimum atomic E-state index is 0.733. The Balaban J connectivity index is 2.13. The molecule has 2 aromatic carbocycles. The molecule has 0 N–H and O–H groups in total. The third-order valence-corrected chi connectivity index (χ3v) is 3.90. The first-order valence-corrected chi connectivity index (χ1v) is 6.86. The SMILES string of the molecule is Cc1c(C=O)c2ccccc2n1Cc1ccc(Cl)cc1. The molecule has 3 heteroatoms. The second kappa shape index (κ2) is 5.14. The molecular weight excluding hydrogens is 270 g/mol. The van der Waals surface area contributed by atoms with Crippen molar-refractivity contribution in [1.29, 1.82) is 0 Å². The highest BCUT2D eigenvalue weighted by molar-refractivity contribution is 6.30. The van der Waals surface area contributed by atoms with Crippen molar-refractivity contribution in [2.75, 3.05) is 0 Å². The van der Waals surface area contributed by atoms with E-state index in [9.17, 15) is 4.79 Å². The van der Waals surface area contributed by atoms with E-state index < -0.39 is 0 Å². The molecule has 20 heavy (non-hydrogen) atoms. The van der Waals surface area contributed by atoms with Crippen molar-refractivity contribution < 1.29 is 4.79 Å². The van der Waals surface area contributed by atoms with E-state index in [4.69, 9.17) is 11.6 Å². The van der Waals surface area contributed by atoms with Crippen LogP contribution in [-0.4, -0.2) is 10.9 Å². The molecule has 1 aromatic heterocycles. The molecule has 3 aromatic rings. The molecule has 0 bridgehead atoms. The van der Waals surface area contributed by atoms with Crippen LogP contribution >= 0.6 is 11.6 Å². The standard InChI is InChI=1S/C17H14ClNO/c1-12-16(11-20)15-4-2-3-5-17(15)19(12)10-13-6-8-14(18)9-7-13/h2-9,11H,10H2,1H3. The molecule has 0 aliphatic carbocycles. The van der Waals surface area contributed by atoms with Crippen molar-refractivity contribution in [2.24, 2.45) is 0 Å². The van der Waals surface area contributed by atoms with Crippen LogP contribution in [0.4, 0.5) is 0 Å². The Morgan fingerprint density at radius 1 is 1.10 bits per heavy atom. The number of aromatic nitrogens is 1. The van der Waals surface area contributed by atoms with Crippen LogP contribution in [0.15, 0.2) is 48.5 Å². The van der Waals surface area contributed by atoms with Gasteiger partial charge in [-0.15, -0.1) is 0 Å². The van der Waals surface area contributed by atoms with Gasteiger partial charge in [-0.05, 0) is 30.7 Å². The molecule has 2 nitrogen and oxygen atoms in total. The number of benzene rings is 2. The topological polar surface area (TPSA) is 22.0 Å². The largest absolute Gasteiger partial charge is 0.340 e. The molecule has 0 aliphatic heterocycles. The zero-order valence-corrected chi connectivity index (χ0v) is 11.9. The molecule has 0 unspecified atom stereocenters. The highest BCUT2D eigenvalue weighted by Crippen LogP contribution is 2.25. The van der Waals surface area contributed by atoms with Crippen LogP contribution in [0.5, 0.6) is 0 Å². The Bertz CT molecular complexity index is 772. The lowest BCUT2D eigenvalue weighted by atomic mass is 10.1. The molecule has 0 radical (unpaired) electrons. The van der Waals surface area contributed by atoms with E-state index in [-0.39, 0.29) is 0 Å². The second-order valence-electron chi connectivity index (χ2n) is 4.85. The smallest absolute Gasteiger partial charge is 0.152 e. The lowest BCUT2D eigenvalue weighted by molar-refractivity contribution is 0.112. The van der Waals surface area contributed by atoms with Crippen molar-refractivity contribution in [2.45, 2.75) is 13.5 Å². The van der Waals surface area contributed by atoms with Crippen LogP contribution in [0.1, 0.15) is 21.6 Å². The van der Waals surface area contributed by atoms with E-state index in [1.54, 1.807) is 0 Å². The maximum Gasteiger partial charge on any atom is 0.152 e. The van der Waals surface area contributed by atoms with E-state index in [1.165, 1.54) is 0 Å². The van der Waals surface area contributed by atoms with Crippen molar-refractivity contribution in [3.05, 3.63) is 70.4 Å². The molecule has 1 heterocycles. The Morgan fingerprint density at radius 3 is 2.50 bits per heavy atom. The molecule has 0 saturated carbocycles. The van der Waals surface area contributed by atoms with E-state index in [1.807, 2.05) is 55.5 Å². The summed E-state index contributed by atoms with van der Waals surface area (Å²) in [7, 11) is 0. The van der Waals surface area contributed by atoms with Gasteiger partial charge in [0, 0.05) is 33.7 Å². The molecule has 0 spiro atoms. The molecule has 0 atom stereocenters. The first-order chi connectivity index (χ1) is 9.70. The summed E-state index contributed by atoms with van der Waals surface area (Å²) < 4.78 is 2.17. The first kappa shape index (κ1) is 12.9. The molecule has 3 rings (SSSR count). The molecule has 100 valence electrons. The van der Waals surface area contributed by atoms with Gasteiger partial charge >= 0.3 is 0 Å². The number of aldehydes is 1. The average molecular weight is 284 g/mol. The zero-order valence-electron chi connectivity index (χ0n) is 11.1. The second-order valence-corrected chi connectivity index (χ2v) is 5.28. The summed E-state index contributed by atoms with van der Waals surface area (Å²) >= 11 is 5.91. The number of rotatable bonds is 3. The fourth-order valence-electron chi connectivity index (χ4n) is 2.58. The van der Waals surface area contributed by atoms with Gasteiger partial charge in [-0.25, -0.2) is 0 Å². The maximum absolute atomic E-state index is 11.3. The highest BCUT2D eigenvalue weighted by atomic mass is 35.5. The monoisotopic (exact) mass is 283 g/mol. The molecule has 0 aliphatic rings. The van der Waals surface area contributed by atoms with Crippen LogP contribution in [-0.2, 0) is 6.54 Å². The maximum atomic E-state index is 11.3. The Labute approximate surface area is 122 Å². The number of hydrogen-bond donors (Lipinski definition) is 0. The van der Waals surface area contributed by atoms with Crippen LogP contribution in [0.25, 0.3) is 10.9 Å². The highest BCUT2D eigenvalue weighted by Gasteiger charge is 2.12. The van der Waals surface area contributed by atoms with Gasteiger partial charge in [-0.2, -0.15) is 0 Å². The van der Waals surface area contributed by atoms with Crippen molar-refractivity contribution in [3.63, 3.8) is 0 Å². The van der Waals surface area contributed by atoms with Gasteiger partial charge in [0.2, 0.25) is 0 Å². The number of nitrogens with zero attached hydrogens (tertiary/aromatic N) is 1. The number of carbonyl (C=O) groups is 1. The number of hydrogen-bond acceptors (Lipinski definition) is 1. The van der Waals surface area contributed by atoms with Gasteiger partial charge < -0.3 is 4.57 Å². The van der Waals surface area contributed by atoms with Gasteiger partial charge in [-0.3, -0.25) is 4.79 Å². The lowest BCUT2D eigenvalue weighted by Crippen LogP contribution is -2.02. The predicted octanol–water partition coefficient (Wildman–Crippen LogP) is 4.46. The zero-order chi connectivity index (χ0) is 14.1. The number of halogens is 1. The third kappa shape index (κ3) is 2.12. The number of fused-ring (bicyclic) bond motifs is 1. The van der Waals surface area contributed by atoms with Gasteiger partial charge in [0.25, 0.3) is 0 Å². The van der Waals surface area contributed by atoms with Crippen molar-refractivity contribution in [1.82, 2.24) is 4.57 Å². The van der Waals surface area contributed by atoms with E-state index >= 15 is 0 Å². The van der Waals surface area contributed by atoms with Crippen molar-refractivity contribution in [3.8, 4) is 0 Å². The van der Waals surface area contributed by atoms with E-state index in [2.05, 4.69) is 4.57 Å². The first-order valence-electron chi connectivity index (χ1n) is 6.48. The number of carbonyl (C=O) groups excluding carboxylic acids is 1. The van der Waals surface area contributed by atoms with Crippen LogP contribution in [0.2, 0.25) is 5.02 Å². The minimum absolute atomic E-state index is 0.733. The van der Waals surface area contributed by atoms with Crippen LogP contribution in [0.3, 0.4) is 0 Å². The Kier molecular flexibility index (Phi) is 3.33. The molecule has 0 amide bonds. The predicted molar refractivity (Wildman–Crippen MR) is 82.6 cm³/mol. The van der Waals surface area contributed by atoms with Gasteiger partial charge in [0.15, 0.2) is 6.29 Å². The lowest BCUT2D eigenvalue weighted by Gasteiger charge is -2.08. The number of para-hydroxylation sites is 1. The summed E-state index contributed by atoms with van der Waals surface area (Å²) in [6, 6.07) is 15.8. The summed E-state index contributed by atoms with van der Waals surface area (Å²) in [5.74, 6) is 0. The summed E-state index contributed by atoms with van der Waals surface area (Å²) in [5.41, 5.74) is 4.02. The Hall–Kier alpha value is -2.06. The van der Waals surface area contributed by atoms with Crippen LogP contribution in [0, 0.1) is 6.92 Å². The van der Waals surface area contributed by atoms with Gasteiger partial charge in [0.1, 0.15) is 0 Å². The van der Waals surface area contributed by atoms with Crippen molar-refractivity contribution >= 4 is 28.8 Å². The van der Waals surface area contributed by atoms with E-state index in [0.717, 1.165) is 45.6 Å². The molecular formula is C17H14ClNO. The van der Waals surface area contributed by atoms with Crippen LogP contribution < -0.4 is 0 Å². The molecule has 0 saturated heterocycles. The molecule has 0 fully saturated rings. The fourth-order valence-corrected chi connectivity index (χ4v) is 2.71. The van der Waals surface area contributed by atoms with Gasteiger partial charge in [-0.1, -0.05) is 41.9 Å². The summed E-state index contributed by atoms with van der Waals surface area (Å²) in [6.07, 6.45) is 0.941. The third-order valence-electron chi connectivity index (χ3n) is 3.65. The minimum Gasteiger partial charge on any atom is -0.340 e. The average Bonchev–Trinajstić information content (AvgIpc) is 2.74. The van der Waals surface area contributed by atoms with Gasteiger partial charge in [0.05, 0.1) is 0 Å². The van der Waals surface area contributed by atoms with E-state index in [0.29, 0.717) is 0 Å². The fraction of sp³-hybridized carbons (Fsp3) is 0.118. The normalized spacial score (nSPS) is 10.9.